The zero-order chi connectivity index (χ0) is 27.4. The van der Waals surface area contributed by atoms with Crippen LogP contribution >= 0.6 is 0 Å². The second-order valence-corrected chi connectivity index (χ2v) is 10.8. The Kier molecular flexibility index (Phi) is 6.05. The van der Waals surface area contributed by atoms with Crippen LogP contribution in [-0.2, 0) is 26.8 Å². The number of ether oxygens (including phenoxy) is 2. The van der Waals surface area contributed by atoms with E-state index in [4.69, 9.17) is 9.47 Å². The van der Waals surface area contributed by atoms with Gasteiger partial charge in [-0.1, -0.05) is 66.1 Å². The molecule has 3 aromatic carbocycles. The maximum Gasteiger partial charge on any atom is 0.410 e. The van der Waals surface area contributed by atoms with Crippen LogP contribution in [0.1, 0.15) is 46.3 Å². The van der Waals surface area contributed by atoms with Crippen LogP contribution in [0.5, 0.6) is 0 Å². The van der Waals surface area contributed by atoms with E-state index in [0.717, 1.165) is 23.9 Å². The van der Waals surface area contributed by atoms with Crippen molar-refractivity contribution in [2.24, 2.45) is 5.41 Å². The molecule has 1 heterocycles. The highest BCUT2D eigenvalue weighted by Crippen LogP contribution is 2.55. The smallest absolute Gasteiger partial charge is 0.410 e. The number of hydrogen-bond acceptors (Lipinski definition) is 5. The van der Waals surface area contributed by atoms with Gasteiger partial charge in [0.05, 0.1) is 0 Å². The number of likely N-dealkylation sites (tertiary alicyclic amines) is 1. The lowest BCUT2D eigenvalue weighted by atomic mass is 9.91. The first-order valence-electron chi connectivity index (χ1n) is 13.0. The average Bonchev–Trinajstić information content (AvgIpc) is 3.53. The summed E-state index contributed by atoms with van der Waals surface area (Å²) >= 11 is 0. The van der Waals surface area contributed by atoms with E-state index in [9.17, 15) is 14.4 Å². The highest BCUT2D eigenvalue weighted by atomic mass is 19.3. The third-order valence-electron chi connectivity index (χ3n) is 8.01. The molecule has 1 atom stereocenters. The quantitative estimate of drug-likeness (QED) is 0.275. The lowest BCUT2D eigenvalue weighted by Gasteiger charge is -2.22. The van der Waals surface area contributed by atoms with Gasteiger partial charge in [0.25, 0.3) is 5.92 Å². The van der Waals surface area contributed by atoms with Crippen molar-refractivity contribution in [3.8, 4) is 11.1 Å². The first-order chi connectivity index (χ1) is 18.7. The lowest BCUT2D eigenvalue weighted by molar-refractivity contribution is -0.147. The normalized spacial score (nSPS) is 19.3. The van der Waals surface area contributed by atoms with Crippen molar-refractivity contribution in [1.82, 2.24) is 4.90 Å². The lowest BCUT2D eigenvalue weighted by Crippen LogP contribution is -2.42. The molecule has 0 bridgehead atoms. The fourth-order valence-corrected chi connectivity index (χ4v) is 5.63. The third kappa shape index (κ3) is 4.60. The summed E-state index contributed by atoms with van der Waals surface area (Å²) in [5, 5.41) is 0. The van der Waals surface area contributed by atoms with Crippen molar-refractivity contribution in [2.75, 3.05) is 13.2 Å². The first-order valence-corrected chi connectivity index (χ1v) is 13.0. The van der Waals surface area contributed by atoms with Crippen LogP contribution < -0.4 is 5.46 Å². The molecular weight excluding hydrogens is 503 g/mol. The molecule has 6 rings (SSSR count). The maximum absolute atomic E-state index is 15.2. The number of rotatable bonds is 6. The standard InChI is InChI=1S/C30H26BF2NO5/c31-20-7-9-22-21-8-6-19(12-23(21)30(32,33)24(22)13-20)26(35)16-38-27(36)25-14-29(10-11-29)17-34(25)28(37)39-15-18-4-2-1-3-5-18/h1-9,12-13,25H,10-11,14-17,31H2/t25-/m0/s1. The Labute approximate surface area is 225 Å². The van der Waals surface area contributed by atoms with E-state index in [2.05, 4.69) is 0 Å². The Morgan fingerprint density at radius 3 is 2.33 bits per heavy atom. The van der Waals surface area contributed by atoms with Crippen molar-refractivity contribution >= 4 is 31.2 Å². The van der Waals surface area contributed by atoms with E-state index >= 15 is 8.78 Å². The summed E-state index contributed by atoms with van der Waals surface area (Å²) in [5.41, 5.74) is 1.99. The number of alkyl halides is 2. The predicted molar refractivity (Wildman–Crippen MR) is 142 cm³/mol. The summed E-state index contributed by atoms with van der Waals surface area (Å²) in [4.78, 5) is 40.1. The Morgan fingerprint density at radius 1 is 0.923 bits per heavy atom. The molecule has 3 aliphatic rings. The van der Waals surface area contributed by atoms with Crippen LogP contribution in [0.2, 0.25) is 0 Å². The summed E-state index contributed by atoms with van der Waals surface area (Å²) in [7, 11) is 1.75. The molecule has 9 heteroatoms. The second kappa shape index (κ2) is 9.33. The van der Waals surface area contributed by atoms with Gasteiger partial charge in [-0.25, -0.2) is 9.59 Å². The molecule has 1 spiro atoms. The molecule has 1 saturated heterocycles. The fraction of sp³-hybridized carbons (Fsp3) is 0.300. The third-order valence-corrected chi connectivity index (χ3v) is 8.01. The molecule has 6 nitrogen and oxygen atoms in total. The van der Waals surface area contributed by atoms with Crippen molar-refractivity contribution in [3.05, 3.63) is 89.0 Å². The molecule has 0 unspecified atom stereocenters. The van der Waals surface area contributed by atoms with Crippen molar-refractivity contribution in [1.29, 1.82) is 0 Å². The Balaban J connectivity index is 1.12. The monoisotopic (exact) mass is 529 g/mol. The minimum absolute atomic E-state index is 0.0370. The number of hydrogen-bond donors (Lipinski definition) is 0. The van der Waals surface area contributed by atoms with Gasteiger partial charge in [-0.3, -0.25) is 9.69 Å². The van der Waals surface area contributed by atoms with E-state index in [1.807, 2.05) is 30.3 Å². The number of esters is 1. The number of nitrogens with zero attached hydrogens (tertiary/aromatic N) is 1. The van der Waals surface area contributed by atoms with Gasteiger partial charge in [0.2, 0.25) is 0 Å². The SMILES string of the molecule is Bc1ccc2c(c1)C(F)(F)c1cc(C(=O)COC(=O)[C@@H]3CC4(CC4)CN3C(=O)OCc3ccccc3)ccc1-2. The molecule has 39 heavy (non-hydrogen) atoms. The molecule has 0 aromatic heterocycles. The van der Waals surface area contributed by atoms with Crippen LogP contribution in [0, 0.1) is 5.41 Å². The number of Topliss-reactive ketones (excluding diaryl/α,β-unsaturated/α-hetero) is 1. The number of amides is 1. The maximum atomic E-state index is 15.2. The van der Waals surface area contributed by atoms with Gasteiger partial charge in [0.15, 0.2) is 12.4 Å². The van der Waals surface area contributed by atoms with E-state index in [0.29, 0.717) is 24.1 Å². The highest BCUT2D eigenvalue weighted by Gasteiger charge is 2.56. The number of carbonyl (C=O) groups excluding carboxylic acids is 3. The zero-order valence-electron chi connectivity index (χ0n) is 21.4. The van der Waals surface area contributed by atoms with Crippen LogP contribution in [0.15, 0.2) is 66.7 Å². The average molecular weight is 529 g/mol. The minimum atomic E-state index is -3.23. The van der Waals surface area contributed by atoms with Crippen LogP contribution in [-0.4, -0.2) is 49.8 Å². The number of carbonyl (C=O) groups is 3. The Morgan fingerprint density at radius 2 is 1.62 bits per heavy atom. The molecule has 3 aromatic rings. The van der Waals surface area contributed by atoms with Crippen molar-refractivity contribution in [2.45, 2.75) is 37.8 Å². The Bertz CT molecular complexity index is 1490. The van der Waals surface area contributed by atoms with Crippen LogP contribution in [0.4, 0.5) is 13.6 Å². The molecule has 0 N–H and O–H groups in total. The molecular formula is C30H26BF2NO5. The van der Waals surface area contributed by atoms with Crippen molar-refractivity contribution in [3.63, 3.8) is 0 Å². The number of ketones is 1. The van der Waals surface area contributed by atoms with Crippen LogP contribution in [0.3, 0.4) is 0 Å². The molecule has 2 fully saturated rings. The molecule has 1 amide bonds. The molecule has 1 saturated carbocycles. The van der Waals surface area contributed by atoms with Gasteiger partial charge >= 0.3 is 12.1 Å². The molecule has 0 radical (unpaired) electrons. The number of benzene rings is 3. The van der Waals surface area contributed by atoms with Crippen LogP contribution in [0.25, 0.3) is 11.1 Å². The van der Waals surface area contributed by atoms with E-state index < -0.39 is 36.4 Å². The zero-order valence-corrected chi connectivity index (χ0v) is 21.4. The largest absolute Gasteiger partial charge is 0.456 e. The summed E-state index contributed by atoms with van der Waals surface area (Å²) < 4.78 is 41.2. The number of halogens is 2. The summed E-state index contributed by atoms with van der Waals surface area (Å²) in [5.74, 6) is -4.52. The fourth-order valence-electron chi connectivity index (χ4n) is 5.63. The Hall–Kier alpha value is -4.01. The van der Waals surface area contributed by atoms with Gasteiger partial charge in [-0.2, -0.15) is 8.78 Å². The van der Waals surface area contributed by atoms with E-state index in [-0.39, 0.29) is 28.7 Å². The van der Waals surface area contributed by atoms with Gasteiger partial charge in [0, 0.05) is 23.2 Å². The molecule has 2 aliphatic carbocycles. The first kappa shape index (κ1) is 25.3. The van der Waals surface area contributed by atoms with Gasteiger partial charge in [0.1, 0.15) is 20.5 Å². The minimum Gasteiger partial charge on any atom is -0.456 e. The summed E-state index contributed by atoms with van der Waals surface area (Å²) in [6.07, 6.45) is 1.65. The van der Waals surface area contributed by atoms with E-state index in [1.54, 1.807) is 20.0 Å². The van der Waals surface area contributed by atoms with Gasteiger partial charge in [-0.05, 0) is 47.4 Å². The topological polar surface area (TPSA) is 72.9 Å². The van der Waals surface area contributed by atoms with Gasteiger partial charge < -0.3 is 9.47 Å². The molecule has 198 valence electrons. The second-order valence-electron chi connectivity index (χ2n) is 10.8. The number of fused-ring (bicyclic) bond motifs is 3. The highest BCUT2D eigenvalue weighted by molar-refractivity contribution is 6.32. The van der Waals surface area contributed by atoms with Gasteiger partial charge in [-0.15, -0.1) is 0 Å². The van der Waals surface area contributed by atoms with Crippen molar-refractivity contribution < 1.29 is 32.6 Å². The summed E-state index contributed by atoms with van der Waals surface area (Å²) in [6.45, 7) is -0.129. The molecule has 1 aliphatic heterocycles. The predicted octanol–water partition coefficient (Wildman–Crippen LogP) is 3.98. The van der Waals surface area contributed by atoms with E-state index in [1.165, 1.54) is 29.2 Å². The summed E-state index contributed by atoms with van der Waals surface area (Å²) in [6, 6.07) is 17.4.